The van der Waals surface area contributed by atoms with Crippen molar-refractivity contribution in [1.29, 1.82) is 0 Å². The number of carbonyl (C=O) groups is 1. The lowest BCUT2D eigenvalue weighted by molar-refractivity contribution is -0.137. The summed E-state index contributed by atoms with van der Waals surface area (Å²) in [6.45, 7) is 0.547. The SMILES string of the molecule is COc1cc(NS(=O)(=O)c2ccc(C(F)(F)F)cc2)ccc1N1CCCC1=O. The van der Waals surface area contributed by atoms with Crippen LogP contribution in [0.2, 0.25) is 0 Å². The van der Waals surface area contributed by atoms with Crippen molar-refractivity contribution < 1.29 is 31.1 Å². The summed E-state index contributed by atoms with van der Waals surface area (Å²) in [4.78, 5) is 13.2. The third-order valence-corrected chi connectivity index (χ3v) is 5.69. The lowest BCUT2D eigenvalue weighted by Crippen LogP contribution is -2.24. The summed E-state index contributed by atoms with van der Waals surface area (Å²) in [6.07, 6.45) is -3.39. The fraction of sp³-hybridized carbons (Fsp3) is 0.278. The van der Waals surface area contributed by atoms with Gasteiger partial charge in [0.2, 0.25) is 5.91 Å². The zero-order chi connectivity index (χ0) is 20.5. The monoisotopic (exact) mass is 414 g/mol. The molecule has 2 aromatic rings. The van der Waals surface area contributed by atoms with E-state index in [1.807, 2.05) is 0 Å². The van der Waals surface area contributed by atoms with Crippen LogP contribution in [0.5, 0.6) is 5.75 Å². The van der Waals surface area contributed by atoms with E-state index in [0.717, 1.165) is 18.6 Å². The van der Waals surface area contributed by atoms with Crippen LogP contribution >= 0.6 is 0 Å². The number of alkyl halides is 3. The molecule has 1 amide bonds. The van der Waals surface area contributed by atoms with Crippen LogP contribution in [0.1, 0.15) is 18.4 Å². The molecule has 3 rings (SSSR count). The maximum absolute atomic E-state index is 12.6. The Balaban J connectivity index is 1.85. The Labute approximate surface area is 160 Å². The first-order chi connectivity index (χ1) is 13.1. The average Bonchev–Trinajstić information content (AvgIpc) is 3.06. The van der Waals surface area contributed by atoms with Gasteiger partial charge in [-0.2, -0.15) is 13.2 Å². The highest BCUT2D eigenvalue weighted by Crippen LogP contribution is 2.35. The topological polar surface area (TPSA) is 75.7 Å². The number of halogens is 3. The van der Waals surface area contributed by atoms with Gasteiger partial charge >= 0.3 is 6.18 Å². The Morgan fingerprint density at radius 3 is 2.32 bits per heavy atom. The molecule has 0 unspecified atom stereocenters. The van der Waals surface area contributed by atoms with Crippen LogP contribution in [0.25, 0.3) is 0 Å². The van der Waals surface area contributed by atoms with Crippen molar-refractivity contribution in [3.8, 4) is 5.75 Å². The molecule has 1 N–H and O–H groups in total. The molecule has 0 spiro atoms. The molecule has 1 saturated heterocycles. The lowest BCUT2D eigenvalue weighted by atomic mass is 10.2. The summed E-state index contributed by atoms with van der Waals surface area (Å²) in [6, 6.07) is 7.63. The van der Waals surface area contributed by atoms with Crippen LogP contribution in [0.4, 0.5) is 24.5 Å². The molecule has 1 heterocycles. The lowest BCUT2D eigenvalue weighted by Gasteiger charge is -2.20. The predicted octanol–water partition coefficient (Wildman–Crippen LogP) is 3.64. The van der Waals surface area contributed by atoms with Gasteiger partial charge in [-0.15, -0.1) is 0 Å². The van der Waals surface area contributed by atoms with E-state index in [9.17, 15) is 26.4 Å². The number of hydrogen-bond acceptors (Lipinski definition) is 4. The summed E-state index contributed by atoms with van der Waals surface area (Å²) >= 11 is 0. The fourth-order valence-corrected chi connectivity index (χ4v) is 3.95. The Bertz CT molecular complexity index is 989. The highest BCUT2D eigenvalue weighted by Gasteiger charge is 2.31. The molecule has 1 aliphatic rings. The van der Waals surface area contributed by atoms with Crippen molar-refractivity contribution in [2.75, 3.05) is 23.3 Å². The van der Waals surface area contributed by atoms with Crippen molar-refractivity contribution in [2.24, 2.45) is 0 Å². The number of rotatable bonds is 5. The van der Waals surface area contributed by atoms with Crippen molar-refractivity contribution in [3.63, 3.8) is 0 Å². The van der Waals surface area contributed by atoms with E-state index in [4.69, 9.17) is 4.74 Å². The maximum atomic E-state index is 12.6. The van der Waals surface area contributed by atoms with E-state index >= 15 is 0 Å². The molecule has 150 valence electrons. The summed E-state index contributed by atoms with van der Waals surface area (Å²) in [5.74, 6) is 0.263. The zero-order valence-corrected chi connectivity index (χ0v) is 15.6. The van der Waals surface area contributed by atoms with Crippen LogP contribution in [-0.2, 0) is 21.0 Å². The molecule has 0 aromatic heterocycles. The number of nitrogens with one attached hydrogen (secondary N) is 1. The molecule has 2 aromatic carbocycles. The van der Waals surface area contributed by atoms with Gasteiger partial charge < -0.3 is 9.64 Å². The molecular formula is C18H17F3N2O4S. The van der Waals surface area contributed by atoms with Gasteiger partial charge in [0.05, 0.1) is 28.9 Å². The van der Waals surface area contributed by atoms with Gasteiger partial charge in [0.1, 0.15) is 5.75 Å². The van der Waals surface area contributed by atoms with Crippen LogP contribution in [0, 0.1) is 0 Å². The molecule has 10 heteroatoms. The Kier molecular flexibility index (Phi) is 5.24. The van der Waals surface area contributed by atoms with E-state index in [0.29, 0.717) is 36.5 Å². The third kappa shape index (κ3) is 4.06. The van der Waals surface area contributed by atoms with E-state index in [1.54, 1.807) is 11.0 Å². The highest BCUT2D eigenvalue weighted by atomic mass is 32.2. The number of methoxy groups -OCH3 is 1. The van der Waals surface area contributed by atoms with E-state index in [-0.39, 0.29) is 16.5 Å². The minimum atomic E-state index is -4.55. The van der Waals surface area contributed by atoms with E-state index in [2.05, 4.69) is 4.72 Å². The number of sulfonamides is 1. The molecule has 0 atom stereocenters. The van der Waals surface area contributed by atoms with E-state index in [1.165, 1.54) is 19.2 Å². The molecule has 28 heavy (non-hydrogen) atoms. The number of benzene rings is 2. The van der Waals surface area contributed by atoms with Gasteiger partial charge in [0.25, 0.3) is 10.0 Å². The second-order valence-electron chi connectivity index (χ2n) is 6.16. The Hall–Kier alpha value is -2.75. The number of amides is 1. The van der Waals surface area contributed by atoms with Crippen LogP contribution in [0.3, 0.4) is 0 Å². The first kappa shape index (κ1) is 20.0. The highest BCUT2D eigenvalue weighted by molar-refractivity contribution is 7.92. The summed E-state index contributed by atoms with van der Waals surface area (Å²) in [5, 5.41) is 0. The Morgan fingerprint density at radius 2 is 1.79 bits per heavy atom. The quantitative estimate of drug-likeness (QED) is 0.811. The third-order valence-electron chi connectivity index (χ3n) is 4.29. The fourth-order valence-electron chi connectivity index (χ4n) is 2.90. The van der Waals surface area contributed by atoms with Gasteiger partial charge in [-0.05, 0) is 42.8 Å². The van der Waals surface area contributed by atoms with Crippen LogP contribution in [0.15, 0.2) is 47.4 Å². The largest absolute Gasteiger partial charge is 0.494 e. The minimum absolute atomic E-state index is 0.0450. The normalized spacial score (nSPS) is 15.0. The molecule has 6 nitrogen and oxygen atoms in total. The average molecular weight is 414 g/mol. The smallest absolute Gasteiger partial charge is 0.416 e. The molecular weight excluding hydrogens is 397 g/mol. The van der Waals surface area contributed by atoms with Gasteiger partial charge in [0.15, 0.2) is 0 Å². The van der Waals surface area contributed by atoms with Gasteiger partial charge in [-0.3, -0.25) is 9.52 Å². The minimum Gasteiger partial charge on any atom is -0.494 e. The van der Waals surface area contributed by atoms with Crippen LogP contribution < -0.4 is 14.4 Å². The number of hydrogen-bond donors (Lipinski definition) is 1. The summed E-state index contributed by atoms with van der Waals surface area (Å²) in [5.41, 5.74) is -0.248. The number of anilines is 2. The first-order valence-electron chi connectivity index (χ1n) is 8.30. The van der Waals surface area contributed by atoms with Crippen molar-refractivity contribution in [1.82, 2.24) is 0 Å². The maximum Gasteiger partial charge on any atom is 0.416 e. The second-order valence-corrected chi connectivity index (χ2v) is 7.85. The van der Waals surface area contributed by atoms with Crippen molar-refractivity contribution in [3.05, 3.63) is 48.0 Å². The summed E-state index contributed by atoms with van der Waals surface area (Å²) in [7, 11) is -2.70. The van der Waals surface area contributed by atoms with Crippen molar-refractivity contribution >= 4 is 27.3 Å². The molecule has 0 saturated carbocycles. The van der Waals surface area contributed by atoms with Crippen LogP contribution in [-0.4, -0.2) is 28.0 Å². The van der Waals surface area contributed by atoms with E-state index < -0.39 is 21.8 Å². The molecule has 0 bridgehead atoms. The second kappa shape index (κ2) is 7.34. The number of nitrogens with zero attached hydrogens (tertiary/aromatic N) is 1. The molecule has 1 aliphatic heterocycles. The zero-order valence-electron chi connectivity index (χ0n) is 14.8. The van der Waals surface area contributed by atoms with Crippen molar-refractivity contribution in [2.45, 2.75) is 23.9 Å². The standard InChI is InChI=1S/C18H17F3N2O4S/c1-27-16-11-13(6-9-15(16)23-10-2-3-17(23)24)22-28(25,26)14-7-4-12(5-8-14)18(19,20)21/h4-9,11,22H,2-3,10H2,1H3. The molecule has 0 aliphatic carbocycles. The van der Waals surface area contributed by atoms with Gasteiger partial charge in [0, 0.05) is 19.0 Å². The summed E-state index contributed by atoms with van der Waals surface area (Å²) < 4.78 is 70.4. The Morgan fingerprint density at radius 1 is 1.11 bits per heavy atom. The first-order valence-corrected chi connectivity index (χ1v) is 9.78. The number of ether oxygens (including phenoxy) is 1. The predicted molar refractivity (Wildman–Crippen MR) is 96.8 cm³/mol. The molecule has 0 radical (unpaired) electrons. The van der Waals surface area contributed by atoms with Gasteiger partial charge in [-0.25, -0.2) is 8.42 Å². The van der Waals surface area contributed by atoms with Gasteiger partial charge in [-0.1, -0.05) is 0 Å². The number of carbonyl (C=O) groups excluding carboxylic acids is 1. The molecule has 1 fully saturated rings.